The van der Waals surface area contributed by atoms with E-state index >= 15 is 0 Å². The highest BCUT2D eigenvalue weighted by atomic mass is 35.5. The van der Waals surface area contributed by atoms with Crippen molar-refractivity contribution in [3.63, 3.8) is 0 Å². The van der Waals surface area contributed by atoms with E-state index < -0.39 is 0 Å². The Hall–Kier alpha value is -0.650. The molecule has 16 heavy (non-hydrogen) atoms. The molecule has 4 nitrogen and oxygen atoms in total. The van der Waals surface area contributed by atoms with E-state index in [1.807, 2.05) is 0 Å². The van der Waals surface area contributed by atoms with Crippen molar-refractivity contribution < 1.29 is 5.11 Å². The highest BCUT2D eigenvalue weighted by Crippen LogP contribution is 2.19. The van der Waals surface area contributed by atoms with Gasteiger partial charge < -0.3 is 16.2 Å². The lowest BCUT2D eigenvalue weighted by molar-refractivity contribution is 0.296. The molecule has 0 amide bonds. The van der Waals surface area contributed by atoms with Crippen LogP contribution in [0.2, 0.25) is 5.02 Å². The summed E-state index contributed by atoms with van der Waals surface area (Å²) in [7, 11) is 0. The van der Waals surface area contributed by atoms with Crippen LogP contribution in [0.4, 0.5) is 11.5 Å². The number of rotatable bonds is 7. The fourth-order valence-electron chi connectivity index (χ4n) is 1.11. The fraction of sp³-hybridized carbons (Fsp3) is 0.500. The van der Waals surface area contributed by atoms with Crippen molar-refractivity contribution in [3.05, 3.63) is 17.3 Å². The molecule has 0 unspecified atom stereocenters. The average molecular weight is 262 g/mol. The Kier molecular flexibility index (Phi) is 6.37. The molecule has 1 aromatic heterocycles. The van der Waals surface area contributed by atoms with Gasteiger partial charge in [-0.15, -0.1) is 0 Å². The number of aromatic nitrogens is 1. The van der Waals surface area contributed by atoms with Crippen LogP contribution >= 0.6 is 23.4 Å². The number of aliphatic hydroxyl groups excluding tert-OH is 1. The van der Waals surface area contributed by atoms with Crippen molar-refractivity contribution in [2.45, 2.75) is 6.42 Å². The second-order valence-corrected chi connectivity index (χ2v) is 4.87. The van der Waals surface area contributed by atoms with Crippen molar-refractivity contribution >= 4 is 34.9 Å². The zero-order valence-corrected chi connectivity index (χ0v) is 10.5. The molecule has 0 radical (unpaired) electrons. The largest absolute Gasteiger partial charge is 0.396 e. The van der Waals surface area contributed by atoms with Crippen molar-refractivity contribution in [1.82, 2.24) is 4.98 Å². The first kappa shape index (κ1) is 13.4. The summed E-state index contributed by atoms with van der Waals surface area (Å²) in [6.07, 6.45) is 2.41. The van der Waals surface area contributed by atoms with Gasteiger partial charge in [0.05, 0.1) is 10.7 Å². The molecule has 0 bridgehead atoms. The number of anilines is 2. The van der Waals surface area contributed by atoms with E-state index in [4.69, 9.17) is 22.4 Å². The van der Waals surface area contributed by atoms with E-state index in [-0.39, 0.29) is 6.61 Å². The van der Waals surface area contributed by atoms with E-state index in [9.17, 15) is 0 Å². The molecule has 1 heterocycles. The van der Waals surface area contributed by atoms with Crippen LogP contribution in [0.15, 0.2) is 12.3 Å². The third kappa shape index (κ3) is 4.92. The van der Waals surface area contributed by atoms with Gasteiger partial charge in [-0.05, 0) is 18.2 Å². The van der Waals surface area contributed by atoms with Crippen LogP contribution in [0.3, 0.4) is 0 Å². The third-order valence-electron chi connectivity index (χ3n) is 1.87. The molecule has 0 atom stereocenters. The zero-order chi connectivity index (χ0) is 11.8. The predicted octanol–water partition coefficient (Wildman–Crippen LogP) is 1.84. The molecule has 0 saturated carbocycles. The summed E-state index contributed by atoms with van der Waals surface area (Å²) in [5, 5.41) is 12.3. The first-order valence-electron chi connectivity index (χ1n) is 5.07. The van der Waals surface area contributed by atoms with E-state index in [1.54, 1.807) is 24.0 Å². The molecule has 0 aliphatic carbocycles. The van der Waals surface area contributed by atoms with Crippen LogP contribution in [0, 0.1) is 0 Å². The van der Waals surface area contributed by atoms with E-state index in [0.29, 0.717) is 16.5 Å². The van der Waals surface area contributed by atoms with E-state index in [2.05, 4.69) is 10.3 Å². The zero-order valence-electron chi connectivity index (χ0n) is 8.95. The first-order chi connectivity index (χ1) is 7.74. The first-order valence-corrected chi connectivity index (χ1v) is 6.61. The Morgan fingerprint density at radius 1 is 1.50 bits per heavy atom. The molecule has 1 rings (SSSR count). The van der Waals surface area contributed by atoms with Gasteiger partial charge in [-0.3, -0.25) is 0 Å². The molecular formula is C10H16ClN3OS. The number of hydrogen-bond acceptors (Lipinski definition) is 5. The number of nitrogens with two attached hydrogens (primary N) is 1. The second-order valence-electron chi connectivity index (χ2n) is 3.21. The Balaban J connectivity index is 2.21. The van der Waals surface area contributed by atoms with Gasteiger partial charge in [-0.2, -0.15) is 11.8 Å². The molecule has 0 spiro atoms. The Morgan fingerprint density at radius 3 is 3.00 bits per heavy atom. The number of hydrogen-bond donors (Lipinski definition) is 3. The van der Waals surface area contributed by atoms with Crippen LogP contribution < -0.4 is 11.1 Å². The van der Waals surface area contributed by atoms with E-state index in [0.717, 1.165) is 24.5 Å². The van der Waals surface area contributed by atoms with E-state index in [1.165, 1.54) is 0 Å². The van der Waals surface area contributed by atoms with Gasteiger partial charge in [0.25, 0.3) is 0 Å². The lowest BCUT2D eigenvalue weighted by Gasteiger charge is -2.07. The molecule has 0 saturated heterocycles. The monoisotopic (exact) mass is 261 g/mol. The Labute approximate surface area is 105 Å². The molecule has 90 valence electrons. The van der Waals surface area contributed by atoms with Gasteiger partial charge in [0.15, 0.2) is 0 Å². The number of nitrogens with one attached hydrogen (secondary N) is 1. The van der Waals surface area contributed by atoms with Gasteiger partial charge in [0.1, 0.15) is 5.82 Å². The summed E-state index contributed by atoms with van der Waals surface area (Å²) in [6, 6.07) is 1.68. The van der Waals surface area contributed by atoms with Crippen molar-refractivity contribution in [3.8, 4) is 0 Å². The normalized spacial score (nSPS) is 10.4. The third-order valence-corrected chi connectivity index (χ3v) is 3.15. The summed E-state index contributed by atoms with van der Waals surface area (Å²) in [4.78, 5) is 4.09. The van der Waals surface area contributed by atoms with Gasteiger partial charge in [-0.1, -0.05) is 11.6 Å². The molecule has 0 aromatic carbocycles. The molecule has 0 aliphatic heterocycles. The Morgan fingerprint density at radius 2 is 2.31 bits per heavy atom. The SMILES string of the molecule is Nc1cc(Cl)cnc1NCCSCCCO. The highest BCUT2D eigenvalue weighted by molar-refractivity contribution is 7.99. The smallest absolute Gasteiger partial charge is 0.149 e. The van der Waals surface area contributed by atoms with Gasteiger partial charge in [-0.25, -0.2) is 4.98 Å². The maximum Gasteiger partial charge on any atom is 0.149 e. The minimum atomic E-state index is 0.256. The van der Waals surface area contributed by atoms with Gasteiger partial charge in [0, 0.05) is 25.1 Å². The van der Waals surface area contributed by atoms with Crippen molar-refractivity contribution in [1.29, 1.82) is 0 Å². The summed E-state index contributed by atoms with van der Waals surface area (Å²) in [5.74, 6) is 2.61. The quantitative estimate of drug-likeness (QED) is 0.654. The lowest BCUT2D eigenvalue weighted by Crippen LogP contribution is -2.08. The van der Waals surface area contributed by atoms with Crippen LogP contribution in [0.5, 0.6) is 0 Å². The van der Waals surface area contributed by atoms with Crippen molar-refractivity contribution in [2.24, 2.45) is 0 Å². The fourth-order valence-corrected chi connectivity index (χ4v) is 2.06. The van der Waals surface area contributed by atoms with Crippen LogP contribution in [0.1, 0.15) is 6.42 Å². The minimum absolute atomic E-state index is 0.256. The molecule has 4 N–H and O–H groups in total. The number of nitrogen functional groups attached to an aromatic ring is 1. The van der Waals surface area contributed by atoms with Gasteiger partial charge >= 0.3 is 0 Å². The molecule has 0 aliphatic rings. The lowest BCUT2D eigenvalue weighted by atomic mass is 10.4. The maximum atomic E-state index is 8.60. The maximum absolute atomic E-state index is 8.60. The second kappa shape index (κ2) is 7.60. The summed E-state index contributed by atoms with van der Waals surface area (Å²) in [6.45, 7) is 1.06. The predicted molar refractivity (Wildman–Crippen MR) is 71.2 cm³/mol. The average Bonchev–Trinajstić information content (AvgIpc) is 2.26. The van der Waals surface area contributed by atoms with Crippen LogP contribution in [-0.4, -0.2) is 34.7 Å². The molecule has 6 heteroatoms. The molecule has 1 aromatic rings. The number of thioether (sulfide) groups is 1. The number of pyridine rings is 1. The number of halogens is 1. The summed E-state index contributed by atoms with van der Waals surface area (Å²) >= 11 is 7.53. The minimum Gasteiger partial charge on any atom is -0.396 e. The number of nitrogens with zero attached hydrogens (tertiary/aromatic N) is 1. The van der Waals surface area contributed by atoms with Crippen LogP contribution in [0.25, 0.3) is 0 Å². The molecule has 0 fully saturated rings. The summed E-state index contributed by atoms with van der Waals surface area (Å²) in [5.41, 5.74) is 6.30. The Bertz CT molecular complexity index is 325. The highest BCUT2D eigenvalue weighted by Gasteiger charge is 2.00. The van der Waals surface area contributed by atoms with Gasteiger partial charge in [0.2, 0.25) is 0 Å². The summed E-state index contributed by atoms with van der Waals surface area (Å²) < 4.78 is 0. The standard InChI is InChI=1S/C10H16ClN3OS/c11-8-6-9(12)10(14-7-8)13-2-5-16-4-1-3-15/h6-7,15H,1-5,12H2,(H,13,14). The number of aliphatic hydroxyl groups is 1. The topological polar surface area (TPSA) is 71.2 Å². The molecular weight excluding hydrogens is 246 g/mol. The van der Waals surface area contributed by atoms with Crippen molar-refractivity contribution in [2.75, 3.05) is 35.7 Å². The van der Waals surface area contributed by atoms with Crippen LogP contribution in [-0.2, 0) is 0 Å².